The van der Waals surface area contributed by atoms with Crippen molar-refractivity contribution >= 4 is 0 Å². The van der Waals surface area contributed by atoms with Gasteiger partial charge in [-0.2, -0.15) is 0 Å². The van der Waals surface area contributed by atoms with E-state index in [1.165, 1.54) is 6.04 Å². The zero-order valence-electron chi connectivity index (χ0n) is 1.96. The van der Waals surface area contributed by atoms with E-state index in [4.69, 9.17) is 0 Å². The number of hydrogen-bond acceptors (Lipinski definition) is 1. The molecule has 0 aromatic rings. The highest BCUT2D eigenvalue weighted by atomic mass is 19.1. The third kappa shape index (κ3) is 1.29. The van der Waals surface area contributed by atoms with Crippen molar-refractivity contribution < 1.29 is 4.39 Å². The van der Waals surface area contributed by atoms with Gasteiger partial charge in [-0.15, -0.1) is 4.39 Å². The van der Waals surface area contributed by atoms with Crippen LogP contribution in [0.2, 0.25) is 0 Å². The first-order valence-corrected chi connectivity index (χ1v) is 0.728. The lowest BCUT2D eigenvalue weighted by Crippen LogP contribution is -1.71. The van der Waals surface area contributed by atoms with E-state index in [9.17, 15) is 4.39 Å². The van der Waals surface area contributed by atoms with Crippen LogP contribution in [-0.2, 0) is 0 Å². The molecule has 0 amide bonds. The molecule has 0 aliphatic carbocycles. The summed E-state index contributed by atoms with van der Waals surface area (Å²) in [6.45, 7) is 0. The molecule has 1 nitrogen and oxygen atoms in total. The first-order chi connectivity index (χ1) is 1.91. The lowest BCUT2D eigenvalue weighted by Gasteiger charge is -1.39. The first-order valence-electron chi connectivity index (χ1n) is 0.728. The summed E-state index contributed by atoms with van der Waals surface area (Å²) in [4.78, 5) is 0. The van der Waals surface area contributed by atoms with E-state index in [1.54, 1.807) is 0 Å². The molecule has 0 aromatic heterocycles. The predicted octanol–water partition coefficient (Wildman–Crippen LogP) is -0.167. The summed E-state index contributed by atoms with van der Waals surface area (Å²) in [5, 5.41) is 0. The number of halogens is 1. The van der Waals surface area contributed by atoms with E-state index in [1.807, 2.05) is 0 Å². The van der Waals surface area contributed by atoms with Gasteiger partial charge in [0, 0.05) is 6.04 Å². The summed E-state index contributed by atoms with van der Waals surface area (Å²) in [6.07, 6.45) is 0.958. The van der Waals surface area contributed by atoms with Crippen molar-refractivity contribution in [1.29, 1.82) is 0 Å². The average Bonchev–Trinajstić information content (AvgIpc) is 1.37. The summed E-state index contributed by atoms with van der Waals surface area (Å²) in [5.74, 6) is 0. The molecule has 4 heavy (non-hydrogen) atoms. The topological polar surface area (TPSA) is 26.0 Å². The standard InChI is InChI=1S/C2H2FN/c3-1-2-4/h4H2. The molecule has 0 saturated heterocycles. The van der Waals surface area contributed by atoms with Crippen molar-refractivity contribution in [2.45, 2.75) is 0 Å². The van der Waals surface area contributed by atoms with Gasteiger partial charge in [-0.1, -0.05) is 0 Å². The lowest BCUT2D eigenvalue weighted by atomic mass is 11.2. The van der Waals surface area contributed by atoms with Crippen molar-refractivity contribution in [2.75, 3.05) is 0 Å². The van der Waals surface area contributed by atoms with Crippen LogP contribution in [0.4, 0.5) is 4.39 Å². The van der Waals surface area contributed by atoms with Gasteiger partial charge in [-0.3, -0.25) is 0 Å². The van der Waals surface area contributed by atoms with Crippen LogP contribution in [0.3, 0.4) is 0 Å². The summed E-state index contributed by atoms with van der Waals surface area (Å²) in [7, 11) is 0. The Morgan fingerprint density at radius 3 is 2.00 bits per heavy atom. The van der Waals surface area contributed by atoms with Crippen molar-refractivity contribution in [3.05, 3.63) is 0 Å². The van der Waals surface area contributed by atoms with Gasteiger partial charge in [0.15, 0.2) is 0 Å². The normalized spacial score (nSPS) is 3.25. The van der Waals surface area contributed by atoms with Gasteiger partial charge in [0.1, 0.15) is 6.17 Å². The summed E-state index contributed by atoms with van der Waals surface area (Å²) in [6, 6.07) is 1.51. The highest BCUT2D eigenvalue weighted by Gasteiger charge is 1.31. The van der Waals surface area contributed by atoms with E-state index in [-0.39, 0.29) is 0 Å². The van der Waals surface area contributed by atoms with E-state index < -0.39 is 0 Å². The highest BCUT2D eigenvalue weighted by molar-refractivity contribution is 4.80. The van der Waals surface area contributed by atoms with Gasteiger partial charge in [-0.25, -0.2) is 0 Å². The van der Waals surface area contributed by atoms with Crippen LogP contribution < -0.4 is 5.73 Å². The molecule has 0 fully saturated rings. The average molecular weight is 59.0 g/mol. The lowest BCUT2D eigenvalue weighted by molar-refractivity contribution is 0.772. The van der Waals surface area contributed by atoms with Crippen LogP contribution in [0, 0.1) is 12.2 Å². The largest absolute Gasteiger partial charge is 0.357 e. The van der Waals surface area contributed by atoms with Gasteiger partial charge in [0.05, 0.1) is 0 Å². The van der Waals surface area contributed by atoms with Crippen LogP contribution in [-0.4, -0.2) is 0 Å². The van der Waals surface area contributed by atoms with Crippen molar-refractivity contribution in [2.24, 2.45) is 5.73 Å². The molecule has 0 aromatic carbocycles. The maximum Gasteiger partial charge on any atom is 0.128 e. The smallest absolute Gasteiger partial charge is 0.128 e. The molecule has 2 heteroatoms. The number of rotatable bonds is 0. The second-order valence-corrected chi connectivity index (χ2v) is 0.239. The van der Waals surface area contributed by atoms with Crippen LogP contribution in [0.25, 0.3) is 0 Å². The second kappa shape index (κ2) is 2.29. The van der Waals surface area contributed by atoms with E-state index in [2.05, 4.69) is 5.73 Å². The molecule has 22 valence electrons. The SMILES string of the molecule is NC#CF. The number of hydrogen-bond donors (Lipinski definition) is 1. The Hall–Kier alpha value is -0.710. The number of nitrogens with two attached hydrogens (primary N) is 1. The van der Waals surface area contributed by atoms with Gasteiger partial charge >= 0.3 is 0 Å². The van der Waals surface area contributed by atoms with E-state index >= 15 is 0 Å². The molecule has 0 spiro atoms. The van der Waals surface area contributed by atoms with Crippen molar-refractivity contribution in [3.63, 3.8) is 0 Å². The zero-order chi connectivity index (χ0) is 3.41. The molecule has 2 N–H and O–H groups in total. The van der Waals surface area contributed by atoms with E-state index in [0.29, 0.717) is 0 Å². The summed E-state index contributed by atoms with van der Waals surface area (Å²) < 4.78 is 10.2. The summed E-state index contributed by atoms with van der Waals surface area (Å²) in [5.41, 5.74) is 4.29. The molecule has 0 aliphatic rings. The van der Waals surface area contributed by atoms with Crippen LogP contribution in [0.5, 0.6) is 0 Å². The fraction of sp³-hybridized carbons (Fsp3) is 0. The van der Waals surface area contributed by atoms with Gasteiger partial charge in [-0.05, 0) is 0 Å². The minimum Gasteiger partial charge on any atom is -0.357 e. The molecule has 0 atom stereocenters. The fourth-order valence-corrected chi connectivity index (χ4v) is 0. The molecule has 0 saturated carbocycles. The molecular weight excluding hydrogens is 57.0 g/mol. The van der Waals surface area contributed by atoms with Gasteiger partial charge in [0.25, 0.3) is 0 Å². The maximum absolute atomic E-state index is 10.2. The Labute approximate surface area is 23.6 Å². The van der Waals surface area contributed by atoms with Gasteiger partial charge < -0.3 is 5.73 Å². The minimum atomic E-state index is 0.958. The first kappa shape index (κ1) is 3.29. The van der Waals surface area contributed by atoms with Crippen LogP contribution in [0.1, 0.15) is 0 Å². The van der Waals surface area contributed by atoms with Crippen molar-refractivity contribution in [1.82, 2.24) is 0 Å². The quantitative estimate of drug-likeness (QED) is 0.304. The molecule has 0 unspecified atom stereocenters. The third-order valence-electron chi connectivity index (χ3n) is 0.0546. The van der Waals surface area contributed by atoms with Crippen LogP contribution >= 0.6 is 0 Å². The maximum atomic E-state index is 10.2. The summed E-state index contributed by atoms with van der Waals surface area (Å²) >= 11 is 0. The van der Waals surface area contributed by atoms with Crippen molar-refractivity contribution in [3.8, 4) is 12.2 Å². The Bertz CT molecular complexity index is 42.8. The van der Waals surface area contributed by atoms with Gasteiger partial charge in [0.2, 0.25) is 0 Å². The fourth-order valence-electron chi connectivity index (χ4n) is 0. The third-order valence-corrected chi connectivity index (χ3v) is 0.0546. The Balaban J connectivity index is 2.83. The molecule has 0 rings (SSSR count). The highest BCUT2D eigenvalue weighted by Crippen LogP contribution is 1.39. The Kier molecular flexibility index (Phi) is 1.88. The Morgan fingerprint density at radius 2 is 2.00 bits per heavy atom. The zero-order valence-corrected chi connectivity index (χ0v) is 1.96. The predicted molar refractivity (Wildman–Crippen MR) is 13.1 cm³/mol. The van der Waals surface area contributed by atoms with E-state index in [0.717, 1.165) is 6.17 Å². The second-order valence-electron chi connectivity index (χ2n) is 0.239. The molecule has 0 aliphatic heterocycles. The molecule has 0 radical (unpaired) electrons. The molecular formula is C2H2FN. The molecule has 0 heterocycles. The van der Waals surface area contributed by atoms with Crippen LogP contribution in [0.15, 0.2) is 0 Å². The minimum absolute atomic E-state index is 0.958. The molecule has 0 bridgehead atoms. The monoisotopic (exact) mass is 59.0 g/mol. The Morgan fingerprint density at radius 1 is 1.75 bits per heavy atom.